The number of hydrogen-bond acceptors (Lipinski definition) is 2. The third kappa shape index (κ3) is 4.93. The van der Waals surface area contributed by atoms with Crippen molar-refractivity contribution in [1.82, 2.24) is 0 Å². The first-order valence-electron chi connectivity index (χ1n) is 10.1. The maximum Gasteiger partial charge on any atom is 0.0536 e. The van der Waals surface area contributed by atoms with Crippen LogP contribution in [0.3, 0.4) is 0 Å². The van der Waals surface area contributed by atoms with Gasteiger partial charge in [-0.05, 0) is 21.2 Å². The summed E-state index contributed by atoms with van der Waals surface area (Å²) in [5.74, 6) is 0. The van der Waals surface area contributed by atoms with Crippen molar-refractivity contribution in [2.45, 2.75) is 0 Å². The molecule has 0 saturated carbocycles. The Morgan fingerprint density at radius 1 is 0.406 bits per heavy atom. The van der Waals surface area contributed by atoms with Crippen molar-refractivity contribution in [2.75, 3.05) is 13.1 Å². The summed E-state index contributed by atoms with van der Waals surface area (Å²) in [6.07, 6.45) is 0. The Labute approximate surface area is 194 Å². The van der Waals surface area contributed by atoms with E-state index in [0.717, 1.165) is 13.1 Å². The van der Waals surface area contributed by atoms with Crippen molar-refractivity contribution >= 4 is 50.2 Å². The topological polar surface area (TPSA) is 24.7 Å². The molecule has 0 aliphatic heterocycles. The van der Waals surface area contributed by atoms with E-state index in [4.69, 9.17) is 9.49 Å². The van der Waals surface area contributed by atoms with Crippen molar-refractivity contribution in [3.8, 4) is 0 Å². The van der Waals surface area contributed by atoms with E-state index in [2.05, 4.69) is 121 Å². The monoisotopic (exact) mass is 454 g/mol. The van der Waals surface area contributed by atoms with E-state index in [0.29, 0.717) is 0 Å². The molecule has 4 aromatic carbocycles. The molecule has 4 rings (SSSR count). The van der Waals surface area contributed by atoms with Gasteiger partial charge < -0.3 is 9.49 Å². The smallest absolute Gasteiger partial charge is 0.0536 e. The highest BCUT2D eigenvalue weighted by Crippen LogP contribution is 2.43. The number of benzene rings is 4. The van der Waals surface area contributed by atoms with E-state index in [1.54, 1.807) is 0 Å². The third-order valence-corrected chi connectivity index (χ3v) is 8.70. The van der Waals surface area contributed by atoms with Crippen LogP contribution in [0, 0.1) is 0 Å². The molecule has 162 valence electrons. The van der Waals surface area contributed by atoms with Gasteiger partial charge in [0.05, 0.1) is 13.1 Å². The SMILES string of the molecule is [BH3-]P(=NCCN=P([BH3-])(c1ccccc1)c1ccccc1)(c1ccccc1)c1ccccc1. The van der Waals surface area contributed by atoms with Crippen LogP contribution in [-0.4, -0.2) is 28.2 Å². The molecular formula is C26H30B2N2P2-2. The van der Waals surface area contributed by atoms with Crippen LogP contribution in [0.2, 0.25) is 0 Å². The normalized spacial score (nSPS) is 11.7. The van der Waals surface area contributed by atoms with E-state index < -0.39 is 13.9 Å². The zero-order valence-corrected chi connectivity index (χ0v) is 18.5. The second kappa shape index (κ2) is 10.4. The zero-order valence-electron chi connectivity index (χ0n) is 16.8. The summed E-state index contributed by atoms with van der Waals surface area (Å²) in [5.41, 5.74) is 0. The highest BCUT2D eigenvalue weighted by Gasteiger charge is 2.14. The first-order valence-corrected chi connectivity index (χ1v) is 12.7. The second-order valence-electron chi connectivity index (χ2n) is 6.70. The molecule has 0 atom stereocenters. The lowest BCUT2D eigenvalue weighted by Crippen LogP contribution is -2.17. The van der Waals surface area contributed by atoms with Crippen molar-refractivity contribution in [1.29, 1.82) is 0 Å². The molecule has 0 amide bonds. The summed E-state index contributed by atoms with van der Waals surface area (Å²) in [5, 5.41) is 5.77. The molecular weight excluding hydrogens is 424 g/mol. The highest BCUT2D eigenvalue weighted by atomic mass is 31.2. The summed E-state index contributed by atoms with van der Waals surface area (Å²) in [4.78, 5) is 0. The van der Waals surface area contributed by atoms with Crippen LogP contribution >= 0.6 is 13.9 Å². The summed E-state index contributed by atoms with van der Waals surface area (Å²) >= 11 is 0. The molecule has 0 saturated heterocycles. The molecule has 6 heteroatoms. The van der Waals surface area contributed by atoms with Gasteiger partial charge in [0, 0.05) is 15.1 Å². The maximum absolute atomic E-state index is 5.46. The predicted octanol–water partition coefficient (Wildman–Crippen LogP) is 3.25. The fourth-order valence-corrected chi connectivity index (χ4v) is 6.84. The van der Waals surface area contributed by atoms with Crippen LogP contribution in [0.5, 0.6) is 0 Å². The van der Waals surface area contributed by atoms with Gasteiger partial charge in [0.1, 0.15) is 0 Å². The molecule has 4 aromatic rings. The maximum atomic E-state index is 5.46. The molecule has 0 unspecified atom stereocenters. The minimum absolute atomic E-state index is 0.0169. The molecule has 0 fully saturated rings. The second-order valence-corrected chi connectivity index (χ2v) is 10.6. The third-order valence-electron chi connectivity index (χ3n) is 4.59. The van der Waals surface area contributed by atoms with Crippen LogP contribution in [0.4, 0.5) is 0 Å². The largest absolute Gasteiger partial charge is 0.331 e. The predicted molar refractivity (Wildman–Crippen MR) is 153 cm³/mol. The Balaban J connectivity index is 1.71. The quantitative estimate of drug-likeness (QED) is 0.233. The van der Waals surface area contributed by atoms with Crippen molar-refractivity contribution in [3.63, 3.8) is 0 Å². The number of hydrogen-bond donors (Lipinski definition) is 0. The lowest BCUT2D eigenvalue weighted by molar-refractivity contribution is 1.000. The first kappa shape index (κ1) is 22.7. The minimum Gasteiger partial charge on any atom is -0.331 e. The Bertz CT molecular complexity index is 1060. The summed E-state index contributed by atoms with van der Waals surface area (Å²) < 4.78 is 10.9. The van der Waals surface area contributed by atoms with Gasteiger partial charge in [-0.2, -0.15) is 0 Å². The Hall–Kier alpha value is -2.53. The van der Waals surface area contributed by atoms with Crippen molar-refractivity contribution < 1.29 is 0 Å². The van der Waals surface area contributed by atoms with Crippen molar-refractivity contribution in [3.05, 3.63) is 121 Å². The molecule has 32 heavy (non-hydrogen) atoms. The lowest BCUT2D eigenvalue weighted by Gasteiger charge is -2.29. The summed E-state index contributed by atoms with van der Waals surface area (Å²) in [6.45, 7) is -1.45. The van der Waals surface area contributed by atoms with Gasteiger partial charge in [0.25, 0.3) is 0 Å². The van der Waals surface area contributed by atoms with E-state index >= 15 is 0 Å². The van der Waals surface area contributed by atoms with Crippen LogP contribution in [0.15, 0.2) is 131 Å². The average molecular weight is 454 g/mol. The number of nitrogens with zero attached hydrogens (tertiary/aromatic N) is 2. The van der Waals surface area contributed by atoms with Gasteiger partial charge in [0.15, 0.2) is 0 Å². The molecule has 0 bridgehead atoms. The van der Waals surface area contributed by atoms with Gasteiger partial charge in [0.2, 0.25) is 0 Å². The van der Waals surface area contributed by atoms with Gasteiger partial charge in [-0.3, -0.25) is 0 Å². The van der Waals surface area contributed by atoms with Crippen LogP contribution in [0.25, 0.3) is 0 Å². The Morgan fingerprint density at radius 3 is 0.844 bits per heavy atom. The zero-order chi connectivity index (χ0) is 22.3. The molecule has 0 aromatic heterocycles. The van der Waals surface area contributed by atoms with Gasteiger partial charge >= 0.3 is 0 Å². The van der Waals surface area contributed by atoms with Crippen LogP contribution < -0.4 is 21.2 Å². The minimum atomic E-state index is -1.55. The summed E-state index contributed by atoms with van der Waals surface area (Å²) in [6, 6.07) is 44.1. The standard InChI is InChI=1S/C26H30B2N2P2/c27-31(23-13-5-1-6-14-23,24-15-7-2-8-16-24)29-21-22-30-32(28,25-17-9-3-10-18-25)26-19-11-4-12-20-26/h1-20H,21-22H2,27-28H3/q-2. The fourth-order valence-electron chi connectivity index (χ4n) is 3.19. The first-order chi connectivity index (χ1) is 15.6. The van der Waals surface area contributed by atoms with Crippen molar-refractivity contribution in [2.24, 2.45) is 9.49 Å². The Morgan fingerprint density at radius 2 is 0.625 bits per heavy atom. The molecule has 2 nitrogen and oxygen atoms in total. The number of rotatable bonds is 7. The highest BCUT2D eigenvalue weighted by molar-refractivity contribution is 8.01. The van der Waals surface area contributed by atoms with E-state index in [1.807, 2.05) is 0 Å². The van der Waals surface area contributed by atoms with E-state index in [1.165, 1.54) is 21.2 Å². The molecule has 0 N–H and O–H groups in total. The average Bonchev–Trinajstić information content (AvgIpc) is 2.88. The van der Waals surface area contributed by atoms with Gasteiger partial charge in [-0.15, -0.1) is 13.9 Å². The van der Waals surface area contributed by atoms with E-state index in [-0.39, 0.29) is 15.1 Å². The fraction of sp³-hybridized carbons (Fsp3) is 0.0769. The summed E-state index contributed by atoms with van der Waals surface area (Å²) in [7, 11) is -0.0338. The molecule has 0 heterocycles. The molecule has 0 radical (unpaired) electrons. The van der Waals surface area contributed by atoms with Crippen LogP contribution in [0.1, 0.15) is 0 Å². The Kier molecular flexibility index (Phi) is 7.36. The van der Waals surface area contributed by atoms with Gasteiger partial charge in [-0.25, -0.2) is 0 Å². The van der Waals surface area contributed by atoms with Gasteiger partial charge in [-0.1, -0.05) is 121 Å². The van der Waals surface area contributed by atoms with Crippen LogP contribution in [-0.2, 0) is 0 Å². The van der Waals surface area contributed by atoms with E-state index in [9.17, 15) is 0 Å². The molecule has 0 spiro atoms. The molecule has 0 aliphatic carbocycles. The lowest BCUT2D eigenvalue weighted by atomic mass is 10.4. The molecule has 0 aliphatic rings.